The lowest BCUT2D eigenvalue weighted by molar-refractivity contribution is -0.132. The molecule has 1 N–H and O–H groups in total. The minimum absolute atomic E-state index is 0.0750. The van der Waals surface area contributed by atoms with Gasteiger partial charge in [-0.2, -0.15) is 0 Å². The highest BCUT2D eigenvalue weighted by molar-refractivity contribution is 7.91. The summed E-state index contributed by atoms with van der Waals surface area (Å²) in [5.74, 6) is 0.174. The molecule has 3 rings (SSSR count). The quantitative estimate of drug-likeness (QED) is 0.848. The maximum atomic E-state index is 12.7. The van der Waals surface area contributed by atoms with Crippen LogP contribution in [-0.2, 0) is 14.6 Å². The van der Waals surface area contributed by atoms with Crippen molar-refractivity contribution in [1.82, 2.24) is 4.90 Å². The van der Waals surface area contributed by atoms with Crippen LogP contribution in [0.4, 0.5) is 11.4 Å². The molecule has 7 heteroatoms. The first-order chi connectivity index (χ1) is 12.3. The van der Waals surface area contributed by atoms with E-state index in [-0.39, 0.29) is 23.5 Å². The van der Waals surface area contributed by atoms with E-state index in [0.717, 1.165) is 18.8 Å². The van der Waals surface area contributed by atoms with Gasteiger partial charge in [-0.25, -0.2) is 8.42 Å². The van der Waals surface area contributed by atoms with Gasteiger partial charge >= 0.3 is 0 Å². The Morgan fingerprint density at radius 3 is 2.58 bits per heavy atom. The summed E-state index contributed by atoms with van der Waals surface area (Å²) >= 11 is 0. The van der Waals surface area contributed by atoms with Gasteiger partial charge in [0.25, 0.3) is 0 Å². The van der Waals surface area contributed by atoms with Crippen molar-refractivity contribution in [2.75, 3.05) is 41.9 Å². The molecular formula is C19H29N3O3S. The fraction of sp³-hybridized carbons (Fsp3) is 0.632. The predicted octanol–water partition coefficient (Wildman–Crippen LogP) is 2.04. The van der Waals surface area contributed by atoms with Gasteiger partial charge in [-0.3, -0.25) is 4.79 Å². The average Bonchev–Trinajstić information content (AvgIpc) is 3.23. The van der Waals surface area contributed by atoms with Gasteiger partial charge in [0.05, 0.1) is 11.5 Å². The Hall–Kier alpha value is -1.76. The smallest absolute Gasteiger partial charge is 0.244 e. The minimum atomic E-state index is -3.00. The number of hydrogen-bond acceptors (Lipinski definition) is 5. The van der Waals surface area contributed by atoms with Crippen LogP contribution in [0.1, 0.15) is 31.7 Å². The molecule has 1 aromatic carbocycles. The molecule has 0 aromatic heterocycles. The van der Waals surface area contributed by atoms with Crippen LogP contribution in [0.25, 0.3) is 0 Å². The zero-order chi connectivity index (χ0) is 18.9. The van der Waals surface area contributed by atoms with Crippen LogP contribution in [0.3, 0.4) is 0 Å². The molecule has 6 nitrogen and oxygen atoms in total. The van der Waals surface area contributed by atoms with E-state index in [1.165, 1.54) is 24.1 Å². The van der Waals surface area contributed by atoms with Gasteiger partial charge in [-0.15, -0.1) is 0 Å². The maximum Gasteiger partial charge on any atom is 0.244 e. The first kappa shape index (κ1) is 19.0. The monoisotopic (exact) mass is 379 g/mol. The van der Waals surface area contributed by atoms with Crippen LogP contribution < -0.4 is 10.2 Å². The van der Waals surface area contributed by atoms with Crippen molar-refractivity contribution >= 4 is 27.1 Å². The number of carbonyl (C=O) groups is 1. The second-order valence-electron chi connectivity index (χ2n) is 7.57. The summed E-state index contributed by atoms with van der Waals surface area (Å²) in [5.41, 5.74) is 3.38. The molecule has 2 atom stereocenters. The number of amides is 1. The van der Waals surface area contributed by atoms with Gasteiger partial charge in [-0.05, 0) is 56.9 Å². The molecule has 2 aliphatic heterocycles. The summed E-state index contributed by atoms with van der Waals surface area (Å²) in [4.78, 5) is 16.7. The maximum absolute atomic E-state index is 12.7. The van der Waals surface area contributed by atoms with E-state index in [4.69, 9.17) is 0 Å². The Labute approximate surface area is 156 Å². The molecule has 2 saturated heterocycles. The summed E-state index contributed by atoms with van der Waals surface area (Å²) in [7, 11) is -1.29. The Morgan fingerprint density at radius 2 is 2.00 bits per heavy atom. The third-order valence-electron chi connectivity index (χ3n) is 5.50. The zero-order valence-electron chi connectivity index (χ0n) is 15.9. The van der Waals surface area contributed by atoms with Crippen LogP contribution >= 0.6 is 0 Å². The minimum Gasteiger partial charge on any atom is -0.374 e. The van der Waals surface area contributed by atoms with E-state index in [9.17, 15) is 13.2 Å². The molecular weight excluding hydrogens is 350 g/mol. The number of hydrogen-bond donors (Lipinski definition) is 1. The highest BCUT2D eigenvalue weighted by atomic mass is 32.2. The predicted molar refractivity (Wildman–Crippen MR) is 106 cm³/mol. The Bertz CT molecular complexity index is 772. The first-order valence-corrected chi connectivity index (χ1v) is 11.2. The third-order valence-corrected chi connectivity index (χ3v) is 7.25. The lowest BCUT2D eigenvalue weighted by Crippen LogP contribution is -2.45. The van der Waals surface area contributed by atoms with Crippen molar-refractivity contribution < 1.29 is 13.2 Å². The summed E-state index contributed by atoms with van der Waals surface area (Å²) in [6.07, 6.45) is 3.02. The highest BCUT2D eigenvalue weighted by Crippen LogP contribution is 2.27. The van der Waals surface area contributed by atoms with E-state index in [1.54, 1.807) is 11.9 Å². The molecule has 144 valence electrons. The normalized spacial score (nSPS) is 23.0. The van der Waals surface area contributed by atoms with Crippen molar-refractivity contribution in [3.8, 4) is 0 Å². The standard InChI is InChI=1S/C19H29N3O3S/c1-14-12-16(6-7-18(14)22-9-4-5-10-22)20-15(2)19(23)21(3)17-8-11-26(24,25)13-17/h6-7,12,15,17,20H,4-5,8-11,13H2,1-3H3. The Kier molecular flexibility index (Phi) is 5.46. The van der Waals surface area contributed by atoms with E-state index >= 15 is 0 Å². The zero-order valence-corrected chi connectivity index (χ0v) is 16.7. The number of likely N-dealkylation sites (N-methyl/N-ethyl adjacent to an activating group) is 1. The van der Waals surface area contributed by atoms with Gasteiger partial charge in [0.1, 0.15) is 6.04 Å². The van der Waals surface area contributed by atoms with Crippen molar-refractivity contribution in [1.29, 1.82) is 0 Å². The summed E-state index contributed by atoms with van der Waals surface area (Å²) in [6.45, 7) is 6.14. The number of aryl methyl sites for hydroxylation is 1. The van der Waals surface area contributed by atoms with Crippen molar-refractivity contribution in [3.63, 3.8) is 0 Å². The number of rotatable bonds is 5. The number of nitrogens with one attached hydrogen (secondary N) is 1. The lowest BCUT2D eigenvalue weighted by atomic mass is 10.1. The van der Waals surface area contributed by atoms with Crippen LogP contribution in [-0.4, -0.2) is 63.0 Å². The Morgan fingerprint density at radius 1 is 1.31 bits per heavy atom. The lowest BCUT2D eigenvalue weighted by Gasteiger charge is -2.27. The van der Waals surface area contributed by atoms with E-state index in [2.05, 4.69) is 29.3 Å². The molecule has 0 aliphatic carbocycles. The number of benzene rings is 1. The highest BCUT2D eigenvalue weighted by Gasteiger charge is 2.34. The van der Waals surface area contributed by atoms with Crippen LogP contribution in [0, 0.1) is 6.92 Å². The number of anilines is 2. The van der Waals surface area contributed by atoms with E-state index in [0.29, 0.717) is 6.42 Å². The molecule has 2 aliphatic rings. The summed E-state index contributed by atoms with van der Waals surface area (Å²) in [5, 5.41) is 3.27. The molecule has 26 heavy (non-hydrogen) atoms. The fourth-order valence-corrected chi connectivity index (χ4v) is 5.71. The molecule has 0 saturated carbocycles. The molecule has 2 fully saturated rings. The molecule has 1 aromatic rings. The summed E-state index contributed by atoms with van der Waals surface area (Å²) < 4.78 is 23.3. The SMILES string of the molecule is Cc1cc(NC(C)C(=O)N(C)C2CCS(=O)(=O)C2)ccc1N1CCCC1. The van der Waals surface area contributed by atoms with Gasteiger partial charge in [0.15, 0.2) is 9.84 Å². The third kappa shape index (κ3) is 4.14. The first-order valence-electron chi connectivity index (χ1n) is 9.36. The van der Waals surface area contributed by atoms with Crippen molar-refractivity contribution in [2.24, 2.45) is 0 Å². The van der Waals surface area contributed by atoms with Crippen LogP contribution in [0.2, 0.25) is 0 Å². The molecule has 1 amide bonds. The van der Waals surface area contributed by atoms with E-state index < -0.39 is 15.9 Å². The molecule has 2 heterocycles. The second kappa shape index (κ2) is 7.47. The topological polar surface area (TPSA) is 69.7 Å². The summed E-state index contributed by atoms with van der Waals surface area (Å²) in [6, 6.07) is 5.60. The van der Waals surface area contributed by atoms with Gasteiger partial charge in [-0.1, -0.05) is 0 Å². The average molecular weight is 380 g/mol. The molecule has 0 bridgehead atoms. The second-order valence-corrected chi connectivity index (χ2v) is 9.80. The van der Waals surface area contributed by atoms with Crippen LogP contribution in [0.15, 0.2) is 18.2 Å². The van der Waals surface area contributed by atoms with Crippen molar-refractivity contribution in [3.05, 3.63) is 23.8 Å². The van der Waals surface area contributed by atoms with Crippen molar-refractivity contribution in [2.45, 2.75) is 45.2 Å². The molecule has 0 spiro atoms. The molecule has 0 radical (unpaired) electrons. The number of carbonyl (C=O) groups excluding carboxylic acids is 1. The molecule has 2 unspecified atom stereocenters. The van der Waals surface area contributed by atoms with Gasteiger partial charge in [0, 0.05) is 37.6 Å². The van der Waals surface area contributed by atoms with Gasteiger partial charge < -0.3 is 15.1 Å². The fourth-order valence-electron chi connectivity index (χ4n) is 3.94. The Balaban J connectivity index is 1.62. The van der Waals surface area contributed by atoms with Crippen LogP contribution in [0.5, 0.6) is 0 Å². The van der Waals surface area contributed by atoms with Gasteiger partial charge in [0.2, 0.25) is 5.91 Å². The number of sulfone groups is 1. The number of nitrogens with zero attached hydrogens (tertiary/aromatic N) is 2. The van der Waals surface area contributed by atoms with E-state index in [1.807, 2.05) is 13.0 Å². The largest absolute Gasteiger partial charge is 0.374 e.